The molecule has 0 saturated carbocycles. The maximum Gasteiger partial charge on any atom is 0.248 e. The maximum absolute atomic E-state index is 12.0. The zero-order chi connectivity index (χ0) is 17.3. The minimum absolute atomic E-state index is 0.0913. The molecule has 1 aromatic carbocycles. The fraction of sp³-hybridized carbons (Fsp3) is 0.632. The molecule has 2 aliphatic heterocycles. The Labute approximate surface area is 144 Å². The number of likely N-dealkylation sites (tertiary alicyclic amines) is 2. The normalized spacial score (nSPS) is 23.5. The molecule has 0 bridgehead atoms. The summed E-state index contributed by atoms with van der Waals surface area (Å²) in [4.78, 5) is 16.5. The van der Waals surface area contributed by atoms with Crippen LogP contribution in [0.25, 0.3) is 0 Å². The van der Waals surface area contributed by atoms with Crippen molar-refractivity contribution < 1.29 is 14.6 Å². The van der Waals surface area contributed by atoms with Crippen LogP contribution in [-0.2, 0) is 9.53 Å². The number of aromatic hydroxyl groups is 1. The topological polar surface area (TPSA) is 53.0 Å². The van der Waals surface area contributed by atoms with E-state index in [9.17, 15) is 9.90 Å². The van der Waals surface area contributed by atoms with Crippen LogP contribution in [0.5, 0.6) is 5.75 Å². The van der Waals surface area contributed by atoms with E-state index in [0.29, 0.717) is 17.8 Å². The molecule has 5 heteroatoms. The lowest BCUT2D eigenvalue weighted by molar-refractivity contribution is -0.150. The highest BCUT2D eigenvalue weighted by molar-refractivity contribution is 5.77. The second-order valence-corrected chi connectivity index (χ2v) is 7.44. The van der Waals surface area contributed by atoms with E-state index in [2.05, 4.69) is 18.7 Å². The van der Waals surface area contributed by atoms with Gasteiger partial charge in [0, 0.05) is 44.2 Å². The van der Waals surface area contributed by atoms with Gasteiger partial charge in [0.25, 0.3) is 0 Å². The van der Waals surface area contributed by atoms with E-state index >= 15 is 0 Å². The van der Waals surface area contributed by atoms with Gasteiger partial charge in [-0.3, -0.25) is 9.69 Å². The molecule has 1 aromatic rings. The van der Waals surface area contributed by atoms with Crippen molar-refractivity contribution in [1.82, 2.24) is 9.80 Å². The molecule has 2 saturated heterocycles. The van der Waals surface area contributed by atoms with Crippen LogP contribution < -0.4 is 0 Å². The highest BCUT2D eigenvalue weighted by Gasteiger charge is 2.54. The third-order valence-electron chi connectivity index (χ3n) is 5.66. The third-order valence-corrected chi connectivity index (χ3v) is 5.66. The summed E-state index contributed by atoms with van der Waals surface area (Å²) in [5.41, 5.74) is 1.51. The summed E-state index contributed by atoms with van der Waals surface area (Å²) in [6.45, 7) is 7.34. The van der Waals surface area contributed by atoms with Crippen molar-refractivity contribution in [3.8, 4) is 5.75 Å². The fourth-order valence-electron chi connectivity index (χ4n) is 4.31. The molecule has 2 heterocycles. The second kappa shape index (κ2) is 6.73. The molecular formula is C19H28N2O3. The monoisotopic (exact) mass is 332 g/mol. The summed E-state index contributed by atoms with van der Waals surface area (Å²) in [5.74, 6) is 0.400. The maximum atomic E-state index is 12.0. The van der Waals surface area contributed by atoms with Crippen molar-refractivity contribution in [3.05, 3.63) is 29.8 Å². The molecule has 24 heavy (non-hydrogen) atoms. The molecular weight excluding hydrogens is 304 g/mol. The molecule has 2 fully saturated rings. The first-order valence-corrected chi connectivity index (χ1v) is 8.78. The summed E-state index contributed by atoms with van der Waals surface area (Å²) in [6, 6.07) is 8.49. The molecule has 0 aromatic heterocycles. The first-order chi connectivity index (χ1) is 11.5. The molecule has 1 spiro atoms. The Morgan fingerprint density at radius 1 is 1.29 bits per heavy atom. The van der Waals surface area contributed by atoms with Crippen LogP contribution in [0.4, 0.5) is 0 Å². The van der Waals surface area contributed by atoms with Crippen LogP contribution in [0, 0.1) is 5.41 Å². The van der Waals surface area contributed by atoms with Crippen molar-refractivity contribution >= 4 is 5.91 Å². The molecule has 5 nitrogen and oxygen atoms in total. The average Bonchev–Trinajstić information content (AvgIpc) is 2.55. The van der Waals surface area contributed by atoms with E-state index in [1.54, 1.807) is 19.2 Å². The molecule has 1 amide bonds. The van der Waals surface area contributed by atoms with Crippen LogP contribution >= 0.6 is 0 Å². The smallest absolute Gasteiger partial charge is 0.248 e. The molecule has 0 radical (unpaired) electrons. The van der Waals surface area contributed by atoms with Gasteiger partial charge >= 0.3 is 0 Å². The third kappa shape index (κ3) is 3.03. The number of phenolic OH excluding ortho intramolecular Hbond substituents is 1. The summed E-state index contributed by atoms with van der Waals surface area (Å²) in [5, 5.41) is 9.58. The summed E-state index contributed by atoms with van der Waals surface area (Å²) in [6.07, 6.45) is 2.05. The Bertz CT molecular complexity index is 577. The van der Waals surface area contributed by atoms with Crippen molar-refractivity contribution in [2.24, 2.45) is 5.41 Å². The molecule has 1 unspecified atom stereocenters. The van der Waals surface area contributed by atoms with E-state index in [0.717, 1.165) is 32.5 Å². The van der Waals surface area contributed by atoms with E-state index < -0.39 is 0 Å². The van der Waals surface area contributed by atoms with Crippen LogP contribution in [0.15, 0.2) is 24.3 Å². The van der Waals surface area contributed by atoms with Crippen LogP contribution in [0.1, 0.15) is 38.3 Å². The van der Waals surface area contributed by atoms with Crippen molar-refractivity contribution in [2.75, 3.05) is 33.4 Å². The number of methoxy groups -OCH3 is 1. The Balaban J connectivity index is 1.75. The van der Waals surface area contributed by atoms with Gasteiger partial charge in [0.15, 0.2) is 0 Å². The summed E-state index contributed by atoms with van der Waals surface area (Å²) in [7, 11) is 1.57. The van der Waals surface area contributed by atoms with Crippen LogP contribution in [-0.4, -0.2) is 60.2 Å². The number of carbonyl (C=O) groups excluding carboxylic acids is 1. The Hall–Kier alpha value is -1.59. The number of amides is 1. The lowest BCUT2D eigenvalue weighted by Crippen LogP contribution is -2.64. The van der Waals surface area contributed by atoms with Crippen molar-refractivity contribution in [3.63, 3.8) is 0 Å². The zero-order valence-electron chi connectivity index (χ0n) is 14.9. The number of nitrogens with zero attached hydrogens (tertiary/aromatic N) is 2. The fourth-order valence-corrected chi connectivity index (χ4v) is 4.31. The largest absolute Gasteiger partial charge is 0.508 e. The molecule has 2 aliphatic rings. The Morgan fingerprint density at radius 2 is 1.92 bits per heavy atom. The van der Waals surface area contributed by atoms with Gasteiger partial charge in [0.1, 0.15) is 12.4 Å². The van der Waals surface area contributed by atoms with Crippen molar-refractivity contribution in [2.45, 2.75) is 38.8 Å². The highest BCUT2D eigenvalue weighted by atomic mass is 16.5. The molecule has 3 rings (SSSR count). The second-order valence-electron chi connectivity index (χ2n) is 7.44. The standard InChI is InChI=1S/C19H28N2O3/c1-14(2)21-13-19(18(21)15-4-6-16(22)7-5-15)8-10-20(11-9-19)17(23)12-24-3/h4-7,14,18,22H,8-13H2,1-3H3. The van der Waals surface area contributed by atoms with E-state index in [1.807, 2.05) is 17.0 Å². The number of ether oxygens (including phenoxy) is 1. The van der Waals surface area contributed by atoms with Gasteiger partial charge in [-0.25, -0.2) is 0 Å². The van der Waals surface area contributed by atoms with E-state index in [1.165, 1.54) is 5.56 Å². The van der Waals surface area contributed by atoms with Crippen LogP contribution in [0.3, 0.4) is 0 Å². The number of phenols is 1. The quantitative estimate of drug-likeness (QED) is 0.920. The zero-order valence-corrected chi connectivity index (χ0v) is 14.9. The number of carbonyl (C=O) groups is 1. The van der Waals surface area contributed by atoms with E-state index in [4.69, 9.17) is 4.74 Å². The highest BCUT2D eigenvalue weighted by Crippen LogP contribution is 2.55. The molecule has 1 atom stereocenters. The number of hydrogen-bond acceptors (Lipinski definition) is 4. The molecule has 0 aliphatic carbocycles. The van der Waals surface area contributed by atoms with Crippen LogP contribution in [0.2, 0.25) is 0 Å². The predicted molar refractivity (Wildman–Crippen MR) is 92.8 cm³/mol. The minimum Gasteiger partial charge on any atom is -0.508 e. The first-order valence-electron chi connectivity index (χ1n) is 8.78. The lowest BCUT2D eigenvalue weighted by atomic mass is 9.62. The van der Waals surface area contributed by atoms with Gasteiger partial charge < -0.3 is 14.7 Å². The number of hydrogen-bond donors (Lipinski definition) is 1. The van der Waals surface area contributed by atoms with Gasteiger partial charge in [-0.05, 0) is 44.4 Å². The molecule has 132 valence electrons. The minimum atomic E-state index is 0.0913. The summed E-state index contributed by atoms with van der Waals surface area (Å²) < 4.78 is 4.98. The average molecular weight is 332 g/mol. The van der Waals surface area contributed by atoms with Crippen molar-refractivity contribution in [1.29, 1.82) is 0 Å². The van der Waals surface area contributed by atoms with Gasteiger partial charge in [-0.1, -0.05) is 12.1 Å². The molecule has 1 N–H and O–H groups in total. The van der Waals surface area contributed by atoms with Gasteiger partial charge in [0.05, 0.1) is 0 Å². The van der Waals surface area contributed by atoms with Gasteiger partial charge in [-0.15, -0.1) is 0 Å². The summed E-state index contributed by atoms with van der Waals surface area (Å²) >= 11 is 0. The Kier molecular flexibility index (Phi) is 4.83. The van der Waals surface area contributed by atoms with Gasteiger partial charge in [0.2, 0.25) is 5.91 Å². The Morgan fingerprint density at radius 3 is 2.46 bits per heavy atom. The van der Waals surface area contributed by atoms with Gasteiger partial charge in [-0.2, -0.15) is 0 Å². The lowest BCUT2D eigenvalue weighted by Gasteiger charge is -2.62. The SMILES string of the molecule is COCC(=O)N1CCC2(CC1)CN(C(C)C)C2c1ccc(O)cc1. The first kappa shape index (κ1) is 17.2. The predicted octanol–water partition coefficient (Wildman–Crippen LogP) is 2.41. The number of piperidine rings is 1. The number of benzene rings is 1. The number of rotatable bonds is 4. The van der Waals surface area contributed by atoms with E-state index in [-0.39, 0.29) is 17.9 Å².